The Morgan fingerprint density at radius 1 is 1.17 bits per heavy atom. The molecule has 2 aliphatic heterocycles. The maximum absolute atomic E-state index is 10.9. The quantitative estimate of drug-likeness (QED) is 0.132. The average molecular weight is 604 g/mol. The number of nitrogens with two attached hydrogens (primary N) is 1. The van der Waals surface area contributed by atoms with E-state index in [1.807, 2.05) is 21.0 Å². The minimum absolute atomic E-state index is 0.0619. The molecule has 5 unspecified atom stereocenters. The zero-order valence-electron chi connectivity index (χ0n) is 27.2. The van der Waals surface area contributed by atoms with E-state index in [0.717, 1.165) is 44.5 Å². The number of carbonyl (C=O) groups is 3. The van der Waals surface area contributed by atoms with Gasteiger partial charge in [-0.1, -0.05) is 40.5 Å². The Balaban J connectivity index is 0. The first-order valence-electron chi connectivity index (χ1n) is 14.9. The van der Waals surface area contributed by atoms with Crippen LogP contribution in [0.1, 0.15) is 92.9 Å². The predicted molar refractivity (Wildman–Crippen MR) is 163 cm³/mol. The van der Waals surface area contributed by atoms with Gasteiger partial charge in [-0.2, -0.15) is 4.99 Å². The number of nitrogens with zero attached hydrogens (tertiary/aromatic N) is 1. The SMILES string of the molecule is CC1CC=C(C(=O)O)OC1C1CCCCO1.CCC(CC)C(C)OC.CCCC(=O)OC(C)OC(=O)/N=C/N.CNC. The van der Waals surface area contributed by atoms with Crippen molar-refractivity contribution in [2.24, 2.45) is 22.6 Å². The topological polar surface area (TPSA) is 168 Å². The second-order valence-corrected chi connectivity index (χ2v) is 10.1. The standard InChI is InChI=1S/C12H18O4.C8H14N2O4.C8H18O.C2H7N/c1-8-5-6-10(12(13)14)16-11(8)9-4-2-3-7-15-9;1-3-4-7(11)13-6(2)14-8(12)10-5-9;1-5-8(6-2)7(3)9-4;1-3-2/h6,8-9,11H,2-5,7H2,1H3,(H,13,14);5-6H,3-4H2,1-2H3,(H2,9,10,12);7-8H,5-6H2,1-4H3;3H,1-2H3. The maximum Gasteiger partial charge on any atom is 0.438 e. The van der Waals surface area contributed by atoms with Crippen molar-refractivity contribution in [1.82, 2.24) is 5.32 Å². The lowest BCUT2D eigenvalue weighted by Crippen LogP contribution is -2.41. The van der Waals surface area contributed by atoms with Crippen molar-refractivity contribution in [3.05, 3.63) is 11.8 Å². The van der Waals surface area contributed by atoms with Crippen LogP contribution in [0.25, 0.3) is 0 Å². The molecule has 2 heterocycles. The smallest absolute Gasteiger partial charge is 0.438 e. The van der Waals surface area contributed by atoms with Crippen LogP contribution in [0.2, 0.25) is 0 Å². The van der Waals surface area contributed by atoms with Gasteiger partial charge in [0.05, 0.1) is 18.5 Å². The summed E-state index contributed by atoms with van der Waals surface area (Å²) >= 11 is 0. The molecule has 2 rings (SSSR count). The summed E-state index contributed by atoms with van der Waals surface area (Å²) < 4.78 is 25.7. The molecule has 1 amide bonds. The number of hydrogen-bond donors (Lipinski definition) is 3. The molecule has 0 spiro atoms. The zero-order valence-corrected chi connectivity index (χ0v) is 27.2. The molecule has 0 aromatic heterocycles. The molecular formula is C30H57N3O9. The molecule has 0 saturated carbocycles. The van der Waals surface area contributed by atoms with E-state index in [9.17, 15) is 14.4 Å². The number of carbonyl (C=O) groups excluding carboxylic acids is 2. The van der Waals surface area contributed by atoms with E-state index in [4.69, 9.17) is 29.8 Å². The number of rotatable bonds is 10. The third-order valence-corrected chi connectivity index (χ3v) is 6.57. The van der Waals surface area contributed by atoms with E-state index < -0.39 is 24.3 Å². The molecule has 0 aromatic rings. The number of aliphatic carboxylic acids is 1. The summed E-state index contributed by atoms with van der Waals surface area (Å²) in [6.07, 6.45) is 8.43. The number of allylic oxidation sites excluding steroid dienone is 1. The Morgan fingerprint density at radius 3 is 2.21 bits per heavy atom. The van der Waals surface area contributed by atoms with Crippen molar-refractivity contribution in [1.29, 1.82) is 0 Å². The second kappa shape index (κ2) is 26.0. The molecule has 2 aliphatic rings. The van der Waals surface area contributed by atoms with Gasteiger partial charge >= 0.3 is 18.0 Å². The predicted octanol–water partition coefficient (Wildman–Crippen LogP) is 5.04. The van der Waals surface area contributed by atoms with Crippen molar-refractivity contribution >= 4 is 24.4 Å². The number of hydrogen-bond acceptors (Lipinski definition) is 9. The van der Waals surface area contributed by atoms with Crippen molar-refractivity contribution in [3.8, 4) is 0 Å². The number of carboxylic acids is 1. The van der Waals surface area contributed by atoms with Gasteiger partial charge in [0, 0.05) is 27.1 Å². The first kappa shape index (κ1) is 41.4. The number of esters is 1. The van der Waals surface area contributed by atoms with Gasteiger partial charge < -0.3 is 39.8 Å². The highest BCUT2D eigenvalue weighted by Crippen LogP contribution is 2.30. The molecule has 0 aliphatic carbocycles. The van der Waals surface area contributed by atoms with E-state index in [1.54, 1.807) is 13.2 Å². The highest BCUT2D eigenvalue weighted by Gasteiger charge is 2.34. The molecule has 12 heteroatoms. The highest BCUT2D eigenvalue weighted by atomic mass is 16.7. The van der Waals surface area contributed by atoms with Crippen LogP contribution in [0.15, 0.2) is 16.8 Å². The van der Waals surface area contributed by atoms with Crippen LogP contribution in [0.5, 0.6) is 0 Å². The van der Waals surface area contributed by atoms with Crippen LogP contribution in [-0.4, -0.2) is 81.9 Å². The van der Waals surface area contributed by atoms with Gasteiger partial charge in [-0.05, 0) is 71.0 Å². The Hall–Kier alpha value is -2.70. The van der Waals surface area contributed by atoms with Crippen LogP contribution >= 0.6 is 0 Å². The normalized spacial score (nSPS) is 21.0. The third kappa shape index (κ3) is 19.4. The van der Waals surface area contributed by atoms with E-state index in [1.165, 1.54) is 19.8 Å². The summed E-state index contributed by atoms with van der Waals surface area (Å²) in [7, 11) is 5.53. The van der Waals surface area contributed by atoms with E-state index in [-0.39, 0.29) is 18.0 Å². The molecule has 5 atom stereocenters. The molecule has 1 fully saturated rings. The Bertz CT molecular complexity index is 782. The molecule has 4 N–H and O–H groups in total. The summed E-state index contributed by atoms with van der Waals surface area (Å²) in [6, 6.07) is 0. The highest BCUT2D eigenvalue weighted by molar-refractivity contribution is 5.84. The van der Waals surface area contributed by atoms with E-state index >= 15 is 0 Å². The minimum Gasteiger partial charge on any atom is -0.480 e. The van der Waals surface area contributed by atoms with Crippen LogP contribution < -0.4 is 11.1 Å². The van der Waals surface area contributed by atoms with Gasteiger partial charge in [0.1, 0.15) is 6.10 Å². The first-order valence-corrected chi connectivity index (χ1v) is 14.9. The lowest BCUT2D eigenvalue weighted by atomic mass is 9.90. The van der Waals surface area contributed by atoms with E-state index in [2.05, 4.69) is 42.7 Å². The number of nitrogens with one attached hydrogen (secondary N) is 1. The Morgan fingerprint density at radius 2 is 1.79 bits per heavy atom. The van der Waals surface area contributed by atoms with Crippen LogP contribution in [-0.2, 0) is 33.3 Å². The van der Waals surface area contributed by atoms with Crippen LogP contribution in [0.3, 0.4) is 0 Å². The van der Waals surface area contributed by atoms with Crippen molar-refractivity contribution in [3.63, 3.8) is 0 Å². The van der Waals surface area contributed by atoms with E-state index in [0.29, 0.717) is 24.9 Å². The van der Waals surface area contributed by atoms with Gasteiger partial charge in [0.15, 0.2) is 0 Å². The summed E-state index contributed by atoms with van der Waals surface area (Å²) in [5.74, 6) is -0.240. The number of methoxy groups -OCH3 is 1. The van der Waals surface area contributed by atoms with Crippen molar-refractivity contribution < 1.29 is 43.2 Å². The summed E-state index contributed by atoms with van der Waals surface area (Å²) in [4.78, 5) is 35.6. The number of carboxylic acid groups (broad SMARTS) is 1. The molecule has 42 heavy (non-hydrogen) atoms. The summed E-state index contributed by atoms with van der Waals surface area (Å²) in [5, 5.41) is 11.7. The van der Waals surface area contributed by atoms with Crippen LogP contribution in [0, 0.1) is 11.8 Å². The largest absolute Gasteiger partial charge is 0.480 e. The van der Waals surface area contributed by atoms with Crippen molar-refractivity contribution in [2.75, 3.05) is 27.8 Å². The Kier molecular flexibility index (Phi) is 25.6. The lowest BCUT2D eigenvalue weighted by Gasteiger charge is -2.36. The summed E-state index contributed by atoms with van der Waals surface area (Å²) in [5.41, 5.74) is 4.85. The first-order chi connectivity index (χ1) is 19.9. The molecule has 1 saturated heterocycles. The molecule has 12 nitrogen and oxygen atoms in total. The molecular weight excluding hydrogens is 546 g/mol. The van der Waals surface area contributed by atoms with Gasteiger partial charge in [-0.25, -0.2) is 9.59 Å². The van der Waals surface area contributed by atoms with Gasteiger partial charge in [-0.15, -0.1) is 0 Å². The Labute approximate surface area is 252 Å². The number of ether oxygens (including phenoxy) is 5. The molecule has 246 valence electrons. The lowest BCUT2D eigenvalue weighted by molar-refractivity contribution is -0.164. The monoisotopic (exact) mass is 603 g/mol. The fraction of sp³-hybridized carbons (Fsp3) is 0.800. The molecule has 0 radical (unpaired) electrons. The maximum atomic E-state index is 10.9. The van der Waals surface area contributed by atoms with Crippen LogP contribution in [0.4, 0.5) is 4.79 Å². The number of amides is 1. The summed E-state index contributed by atoms with van der Waals surface area (Å²) in [6.45, 7) is 12.7. The average Bonchev–Trinajstić information content (AvgIpc) is 2.95. The fourth-order valence-electron chi connectivity index (χ4n) is 4.19. The zero-order chi connectivity index (χ0) is 32.5. The molecule has 0 bridgehead atoms. The molecule has 0 aromatic carbocycles. The third-order valence-electron chi connectivity index (χ3n) is 6.57. The van der Waals surface area contributed by atoms with Crippen molar-refractivity contribution in [2.45, 2.75) is 118 Å². The number of aliphatic imine (C=N–C) groups is 1. The fourth-order valence-corrected chi connectivity index (χ4v) is 4.19. The van der Waals surface area contributed by atoms with Gasteiger partial charge in [0.2, 0.25) is 12.0 Å². The second-order valence-electron chi connectivity index (χ2n) is 10.1. The van der Waals surface area contributed by atoms with Gasteiger partial charge in [-0.3, -0.25) is 4.79 Å². The minimum atomic E-state index is -0.979. The van der Waals surface area contributed by atoms with Gasteiger partial charge in [0.25, 0.3) is 0 Å².